The molecule has 2 amide bonds. The fourth-order valence-electron chi connectivity index (χ4n) is 2.82. The van der Waals surface area contributed by atoms with Crippen LogP contribution < -0.4 is 4.90 Å². The average molecular weight is 244 g/mol. The van der Waals surface area contributed by atoms with Crippen molar-refractivity contribution < 1.29 is 9.59 Å². The molecular formula is C14H16N2O2. The highest BCUT2D eigenvalue weighted by molar-refractivity contribution is 6.22. The summed E-state index contributed by atoms with van der Waals surface area (Å²) in [5.41, 5.74) is 3.10. The van der Waals surface area contributed by atoms with Crippen molar-refractivity contribution in [2.45, 2.75) is 19.8 Å². The van der Waals surface area contributed by atoms with Crippen LogP contribution in [0, 0.1) is 6.92 Å². The summed E-state index contributed by atoms with van der Waals surface area (Å²) >= 11 is 0. The van der Waals surface area contributed by atoms with Crippen molar-refractivity contribution in [2.24, 2.45) is 0 Å². The van der Waals surface area contributed by atoms with E-state index < -0.39 is 0 Å². The SMILES string of the molecule is Cc1cc(N2CCCC2)cc2c1C(=O)N(C)C2=O. The first-order chi connectivity index (χ1) is 8.59. The van der Waals surface area contributed by atoms with Crippen molar-refractivity contribution in [1.82, 2.24) is 4.90 Å². The lowest BCUT2D eigenvalue weighted by Crippen LogP contribution is -2.24. The molecule has 4 heteroatoms. The third kappa shape index (κ3) is 1.45. The first-order valence-electron chi connectivity index (χ1n) is 6.31. The van der Waals surface area contributed by atoms with E-state index in [-0.39, 0.29) is 11.8 Å². The predicted molar refractivity (Wildman–Crippen MR) is 69.1 cm³/mol. The second-order valence-corrected chi connectivity index (χ2v) is 5.05. The van der Waals surface area contributed by atoms with E-state index in [9.17, 15) is 9.59 Å². The van der Waals surface area contributed by atoms with Crippen LogP contribution in [0.15, 0.2) is 12.1 Å². The molecule has 4 nitrogen and oxygen atoms in total. The van der Waals surface area contributed by atoms with Gasteiger partial charge in [-0.2, -0.15) is 0 Å². The van der Waals surface area contributed by atoms with Gasteiger partial charge in [0, 0.05) is 25.8 Å². The summed E-state index contributed by atoms with van der Waals surface area (Å²) < 4.78 is 0. The molecule has 0 aromatic heterocycles. The van der Waals surface area contributed by atoms with Gasteiger partial charge in [-0.25, -0.2) is 0 Å². The van der Waals surface area contributed by atoms with Crippen LogP contribution in [0.4, 0.5) is 5.69 Å². The number of amides is 2. The second-order valence-electron chi connectivity index (χ2n) is 5.05. The van der Waals surface area contributed by atoms with Crippen LogP contribution in [0.2, 0.25) is 0 Å². The van der Waals surface area contributed by atoms with E-state index in [0.29, 0.717) is 11.1 Å². The minimum atomic E-state index is -0.181. The van der Waals surface area contributed by atoms with Gasteiger partial charge in [0.15, 0.2) is 0 Å². The molecule has 3 rings (SSSR count). The van der Waals surface area contributed by atoms with Crippen LogP contribution in [0.25, 0.3) is 0 Å². The van der Waals surface area contributed by atoms with Gasteiger partial charge in [-0.3, -0.25) is 14.5 Å². The number of aryl methyl sites for hydroxylation is 1. The van der Waals surface area contributed by atoms with Gasteiger partial charge in [-0.1, -0.05) is 0 Å². The lowest BCUT2D eigenvalue weighted by atomic mass is 10.0. The second kappa shape index (κ2) is 3.83. The zero-order valence-corrected chi connectivity index (χ0v) is 10.7. The van der Waals surface area contributed by atoms with Crippen molar-refractivity contribution in [2.75, 3.05) is 25.0 Å². The number of nitrogens with zero attached hydrogens (tertiary/aromatic N) is 2. The predicted octanol–water partition coefficient (Wildman–Crippen LogP) is 1.82. The molecule has 2 aliphatic rings. The molecule has 0 radical (unpaired) electrons. The van der Waals surface area contributed by atoms with Crippen LogP contribution in [-0.2, 0) is 0 Å². The van der Waals surface area contributed by atoms with Crippen molar-refractivity contribution in [3.05, 3.63) is 28.8 Å². The number of carbonyl (C=O) groups excluding carboxylic acids is 2. The van der Waals surface area contributed by atoms with Crippen molar-refractivity contribution in [3.63, 3.8) is 0 Å². The molecule has 1 fully saturated rings. The number of imide groups is 1. The van der Waals surface area contributed by atoms with Gasteiger partial charge < -0.3 is 4.90 Å². The molecule has 1 aromatic carbocycles. The minimum Gasteiger partial charge on any atom is -0.372 e. The number of carbonyl (C=O) groups is 2. The molecule has 0 saturated carbocycles. The zero-order chi connectivity index (χ0) is 12.9. The maximum atomic E-state index is 12.0. The molecule has 2 aliphatic heterocycles. The maximum Gasteiger partial charge on any atom is 0.261 e. The third-order valence-electron chi connectivity index (χ3n) is 3.85. The lowest BCUT2D eigenvalue weighted by Gasteiger charge is -2.19. The first-order valence-corrected chi connectivity index (χ1v) is 6.31. The Morgan fingerprint density at radius 2 is 1.72 bits per heavy atom. The molecule has 0 bridgehead atoms. The number of hydrogen-bond acceptors (Lipinski definition) is 3. The Kier molecular flexibility index (Phi) is 2.40. The van der Waals surface area contributed by atoms with E-state index in [1.165, 1.54) is 17.7 Å². The lowest BCUT2D eigenvalue weighted by molar-refractivity contribution is 0.0693. The normalized spacial score (nSPS) is 18.8. The van der Waals surface area contributed by atoms with Gasteiger partial charge in [0.2, 0.25) is 0 Å². The van der Waals surface area contributed by atoms with Crippen LogP contribution >= 0.6 is 0 Å². The number of hydrogen-bond donors (Lipinski definition) is 0. The molecule has 1 saturated heterocycles. The van der Waals surface area contributed by atoms with Crippen LogP contribution in [-0.4, -0.2) is 36.9 Å². The average Bonchev–Trinajstić information content (AvgIpc) is 2.94. The number of anilines is 1. The molecule has 0 N–H and O–H groups in total. The topological polar surface area (TPSA) is 40.6 Å². The summed E-state index contributed by atoms with van der Waals surface area (Å²) in [5, 5.41) is 0. The summed E-state index contributed by atoms with van der Waals surface area (Å²) in [7, 11) is 1.54. The van der Waals surface area contributed by atoms with Crippen LogP contribution in [0.3, 0.4) is 0 Å². The van der Waals surface area contributed by atoms with Gasteiger partial charge in [0.05, 0.1) is 11.1 Å². The summed E-state index contributed by atoms with van der Waals surface area (Å²) in [6, 6.07) is 3.89. The van der Waals surface area contributed by atoms with E-state index in [1.807, 2.05) is 19.1 Å². The molecule has 94 valence electrons. The molecule has 0 unspecified atom stereocenters. The number of fused-ring (bicyclic) bond motifs is 1. The Bertz CT molecular complexity index is 545. The zero-order valence-electron chi connectivity index (χ0n) is 10.7. The van der Waals surface area contributed by atoms with Crippen molar-refractivity contribution in [3.8, 4) is 0 Å². The monoisotopic (exact) mass is 244 g/mol. The molecule has 0 aliphatic carbocycles. The fraction of sp³-hybridized carbons (Fsp3) is 0.429. The van der Waals surface area contributed by atoms with Gasteiger partial charge in [-0.05, 0) is 37.5 Å². The van der Waals surface area contributed by atoms with Gasteiger partial charge in [-0.15, -0.1) is 0 Å². The van der Waals surface area contributed by atoms with Gasteiger partial charge >= 0.3 is 0 Å². The summed E-state index contributed by atoms with van der Waals surface area (Å²) in [6.45, 7) is 3.98. The fourth-order valence-corrected chi connectivity index (χ4v) is 2.82. The maximum absolute atomic E-state index is 12.0. The molecular weight excluding hydrogens is 228 g/mol. The van der Waals surface area contributed by atoms with E-state index in [4.69, 9.17) is 0 Å². The summed E-state index contributed by atoms with van der Waals surface area (Å²) in [6.07, 6.45) is 2.39. The Labute approximate surface area is 106 Å². The van der Waals surface area contributed by atoms with Gasteiger partial charge in [0.1, 0.15) is 0 Å². The minimum absolute atomic E-state index is 0.180. The molecule has 2 heterocycles. The Morgan fingerprint density at radius 3 is 2.39 bits per heavy atom. The van der Waals surface area contributed by atoms with E-state index in [0.717, 1.165) is 24.3 Å². The number of rotatable bonds is 1. The van der Waals surface area contributed by atoms with Crippen molar-refractivity contribution >= 4 is 17.5 Å². The smallest absolute Gasteiger partial charge is 0.261 e. The van der Waals surface area contributed by atoms with E-state index >= 15 is 0 Å². The molecule has 1 aromatic rings. The Balaban J connectivity index is 2.11. The Hall–Kier alpha value is -1.84. The van der Waals surface area contributed by atoms with Crippen LogP contribution in [0.1, 0.15) is 39.1 Å². The van der Waals surface area contributed by atoms with E-state index in [1.54, 1.807) is 7.05 Å². The Morgan fingerprint density at radius 1 is 1.06 bits per heavy atom. The highest BCUT2D eigenvalue weighted by atomic mass is 16.2. The number of benzene rings is 1. The van der Waals surface area contributed by atoms with Crippen LogP contribution in [0.5, 0.6) is 0 Å². The quantitative estimate of drug-likeness (QED) is 0.707. The highest BCUT2D eigenvalue weighted by Gasteiger charge is 2.35. The standard InChI is InChI=1S/C14H16N2O2/c1-9-7-10(16-5-3-4-6-16)8-11-12(9)14(18)15(2)13(11)17/h7-8H,3-6H2,1-2H3. The highest BCUT2D eigenvalue weighted by Crippen LogP contribution is 2.31. The van der Waals surface area contributed by atoms with Crippen molar-refractivity contribution in [1.29, 1.82) is 0 Å². The van der Waals surface area contributed by atoms with Gasteiger partial charge in [0.25, 0.3) is 11.8 Å². The first kappa shape index (κ1) is 11.3. The molecule has 18 heavy (non-hydrogen) atoms. The largest absolute Gasteiger partial charge is 0.372 e. The molecule has 0 spiro atoms. The summed E-state index contributed by atoms with van der Waals surface area (Å²) in [4.78, 5) is 27.4. The van der Waals surface area contributed by atoms with E-state index in [2.05, 4.69) is 4.90 Å². The summed E-state index contributed by atoms with van der Waals surface area (Å²) in [5.74, 6) is -0.361. The molecule has 0 atom stereocenters. The third-order valence-corrected chi connectivity index (χ3v) is 3.85.